The Labute approximate surface area is 60.7 Å². The third-order valence-corrected chi connectivity index (χ3v) is 0.933. The highest BCUT2D eigenvalue weighted by Gasteiger charge is 1.89. The van der Waals surface area contributed by atoms with Gasteiger partial charge in [0.1, 0.15) is 0 Å². The van der Waals surface area contributed by atoms with E-state index < -0.39 is 0 Å². The molecule has 0 aliphatic carbocycles. The van der Waals surface area contributed by atoms with Crippen LogP contribution in [-0.2, 0) is 0 Å². The van der Waals surface area contributed by atoms with Crippen LogP contribution in [0.2, 0.25) is 0 Å². The molecule has 0 saturated heterocycles. The maximum Gasteiger partial charge on any atom is 0.0985 e. The van der Waals surface area contributed by atoms with Crippen LogP contribution in [0.5, 0.6) is 0 Å². The molecular weight excluding hydrogens is 124 g/mol. The molecule has 0 amide bonds. The zero-order valence-electron chi connectivity index (χ0n) is 5.83. The molecule has 0 N–H and O–H groups in total. The molecule has 0 heterocycles. The molecule has 0 saturated carbocycles. The van der Waals surface area contributed by atoms with E-state index in [1.165, 1.54) is 0 Å². The van der Waals surface area contributed by atoms with Crippen LogP contribution in [0.1, 0.15) is 6.92 Å². The van der Waals surface area contributed by atoms with E-state index in [0.717, 1.165) is 0 Å². The molecule has 2 nitrogen and oxygen atoms in total. The Morgan fingerprint density at radius 2 is 2.20 bits per heavy atom. The molecule has 0 radical (unpaired) electrons. The van der Waals surface area contributed by atoms with Crippen LogP contribution in [0.25, 0.3) is 0 Å². The van der Waals surface area contributed by atoms with Crippen LogP contribution in [0.3, 0.4) is 0 Å². The van der Waals surface area contributed by atoms with E-state index in [0.29, 0.717) is 5.57 Å². The van der Waals surface area contributed by atoms with E-state index in [1.807, 2.05) is 12.1 Å². The summed E-state index contributed by atoms with van der Waals surface area (Å²) in [6.45, 7) is 5.17. The summed E-state index contributed by atoms with van der Waals surface area (Å²) in [5, 5.41) is 16.5. The summed E-state index contributed by atoms with van der Waals surface area (Å²) in [5.41, 5.74) is 0.377. The number of nitrogens with zero attached hydrogens (tertiary/aromatic N) is 2. The number of hydrogen-bond acceptors (Lipinski definition) is 2. The molecule has 10 heavy (non-hydrogen) atoms. The number of hydrogen-bond donors (Lipinski definition) is 0. The van der Waals surface area contributed by atoms with Crippen molar-refractivity contribution in [2.24, 2.45) is 5.92 Å². The van der Waals surface area contributed by atoms with Gasteiger partial charge in [-0.1, -0.05) is 12.7 Å². The van der Waals surface area contributed by atoms with Crippen LogP contribution >= 0.6 is 0 Å². The quantitative estimate of drug-likeness (QED) is 0.424. The smallest absolute Gasteiger partial charge is 0.0985 e. The molecule has 0 aromatic carbocycles. The average molecular weight is 132 g/mol. The number of nitriles is 2. The number of allylic oxidation sites excluding steroid dienone is 3. The predicted octanol–water partition coefficient (Wildman–Crippen LogP) is 1.78. The second-order valence-electron chi connectivity index (χ2n) is 1.91. The third-order valence-electron chi connectivity index (χ3n) is 0.933. The van der Waals surface area contributed by atoms with Crippen molar-refractivity contribution in [1.29, 1.82) is 10.5 Å². The van der Waals surface area contributed by atoms with Crippen LogP contribution < -0.4 is 0 Å². The van der Waals surface area contributed by atoms with E-state index in [1.54, 1.807) is 19.1 Å². The molecule has 1 atom stereocenters. The molecule has 0 bridgehead atoms. The van der Waals surface area contributed by atoms with Gasteiger partial charge in [-0.15, -0.1) is 0 Å². The van der Waals surface area contributed by atoms with E-state index in [4.69, 9.17) is 10.5 Å². The summed E-state index contributed by atoms with van der Waals surface area (Å²) < 4.78 is 0. The molecule has 0 fully saturated rings. The Hall–Kier alpha value is -1.54. The normalized spacial score (nSPS) is 11.9. The lowest BCUT2D eigenvalue weighted by molar-refractivity contribution is 0.956. The SMILES string of the molecule is C=C(C#N)C=CC(C)C#N. The van der Waals surface area contributed by atoms with Crippen molar-refractivity contribution in [2.75, 3.05) is 0 Å². The lowest BCUT2D eigenvalue weighted by atomic mass is 10.1. The monoisotopic (exact) mass is 132 g/mol. The molecule has 1 unspecified atom stereocenters. The van der Waals surface area contributed by atoms with Gasteiger partial charge in [0.2, 0.25) is 0 Å². The van der Waals surface area contributed by atoms with Crippen molar-refractivity contribution in [3.63, 3.8) is 0 Å². The van der Waals surface area contributed by atoms with Crippen molar-refractivity contribution >= 4 is 0 Å². The van der Waals surface area contributed by atoms with Crippen LogP contribution in [0, 0.1) is 28.6 Å². The standard InChI is InChI=1S/C8H8N2/c1-7(5-9)3-4-8(2)6-10/h3-4,8H,1H2,2H3. The Morgan fingerprint density at radius 1 is 1.60 bits per heavy atom. The third kappa shape index (κ3) is 3.46. The van der Waals surface area contributed by atoms with Crippen LogP contribution in [-0.4, -0.2) is 0 Å². The van der Waals surface area contributed by atoms with Crippen molar-refractivity contribution in [2.45, 2.75) is 6.92 Å². The second kappa shape index (κ2) is 4.35. The number of rotatable bonds is 2. The highest BCUT2D eigenvalue weighted by Crippen LogP contribution is 1.97. The van der Waals surface area contributed by atoms with Crippen molar-refractivity contribution in [1.82, 2.24) is 0 Å². The maximum atomic E-state index is 8.31. The topological polar surface area (TPSA) is 47.6 Å². The summed E-state index contributed by atoms with van der Waals surface area (Å²) in [6, 6.07) is 3.86. The Kier molecular flexibility index (Phi) is 3.68. The Morgan fingerprint density at radius 3 is 2.60 bits per heavy atom. The largest absolute Gasteiger partial charge is 0.198 e. The Balaban J connectivity index is 3.93. The van der Waals surface area contributed by atoms with Gasteiger partial charge in [0.15, 0.2) is 0 Å². The summed E-state index contributed by atoms with van der Waals surface area (Å²) >= 11 is 0. The molecule has 50 valence electrons. The minimum atomic E-state index is -0.148. The van der Waals surface area contributed by atoms with Gasteiger partial charge in [-0.3, -0.25) is 0 Å². The van der Waals surface area contributed by atoms with E-state index in [9.17, 15) is 0 Å². The molecule has 0 aliphatic heterocycles. The van der Waals surface area contributed by atoms with Crippen LogP contribution in [0.15, 0.2) is 24.3 Å². The van der Waals surface area contributed by atoms with Gasteiger partial charge >= 0.3 is 0 Å². The first-order chi connectivity index (χ1) is 4.70. The summed E-state index contributed by atoms with van der Waals surface area (Å²) in [6.07, 6.45) is 3.19. The van der Waals surface area contributed by atoms with Crippen molar-refractivity contribution < 1.29 is 0 Å². The summed E-state index contributed by atoms with van der Waals surface area (Å²) in [7, 11) is 0. The fraction of sp³-hybridized carbons (Fsp3) is 0.250. The molecule has 2 heteroatoms. The van der Waals surface area contributed by atoms with E-state index in [-0.39, 0.29) is 5.92 Å². The van der Waals surface area contributed by atoms with E-state index >= 15 is 0 Å². The predicted molar refractivity (Wildman–Crippen MR) is 38.7 cm³/mol. The fourth-order valence-electron chi connectivity index (χ4n) is 0.341. The van der Waals surface area contributed by atoms with Gasteiger partial charge in [0, 0.05) is 5.57 Å². The molecule has 0 aromatic rings. The zero-order chi connectivity index (χ0) is 7.98. The summed E-state index contributed by atoms with van der Waals surface area (Å²) in [5.74, 6) is -0.148. The van der Waals surface area contributed by atoms with Gasteiger partial charge in [0.25, 0.3) is 0 Å². The minimum absolute atomic E-state index is 0.148. The molecule has 0 rings (SSSR count). The average Bonchev–Trinajstić information content (AvgIpc) is 1.99. The van der Waals surface area contributed by atoms with Gasteiger partial charge in [-0.25, -0.2) is 0 Å². The first kappa shape index (κ1) is 8.46. The lowest BCUT2D eigenvalue weighted by Gasteiger charge is -1.87. The maximum absolute atomic E-state index is 8.31. The second-order valence-corrected chi connectivity index (χ2v) is 1.91. The molecule has 0 aliphatic rings. The Bertz CT molecular complexity index is 225. The zero-order valence-corrected chi connectivity index (χ0v) is 5.83. The van der Waals surface area contributed by atoms with Gasteiger partial charge < -0.3 is 0 Å². The van der Waals surface area contributed by atoms with Crippen molar-refractivity contribution in [3.8, 4) is 12.1 Å². The highest BCUT2D eigenvalue weighted by molar-refractivity contribution is 5.29. The van der Waals surface area contributed by atoms with Crippen LogP contribution in [0.4, 0.5) is 0 Å². The van der Waals surface area contributed by atoms with Crippen molar-refractivity contribution in [3.05, 3.63) is 24.3 Å². The first-order valence-electron chi connectivity index (χ1n) is 2.87. The molecule has 0 spiro atoms. The molecular formula is C8H8N2. The highest BCUT2D eigenvalue weighted by atomic mass is 14.2. The van der Waals surface area contributed by atoms with Gasteiger partial charge in [-0.2, -0.15) is 10.5 Å². The minimum Gasteiger partial charge on any atom is -0.198 e. The van der Waals surface area contributed by atoms with Gasteiger partial charge in [-0.05, 0) is 13.0 Å². The lowest BCUT2D eigenvalue weighted by Crippen LogP contribution is -1.80. The van der Waals surface area contributed by atoms with E-state index in [2.05, 4.69) is 6.58 Å². The fourth-order valence-corrected chi connectivity index (χ4v) is 0.341. The first-order valence-corrected chi connectivity index (χ1v) is 2.87. The molecule has 0 aromatic heterocycles. The summed E-state index contributed by atoms with van der Waals surface area (Å²) in [4.78, 5) is 0. The van der Waals surface area contributed by atoms with Gasteiger partial charge in [0.05, 0.1) is 18.1 Å².